The first kappa shape index (κ1) is 52.2. The van der Waals surface area contributed by atoms with Crippen molar-refractivity contribution in [3.8, 4) is 22.5 Å². The summed E-state index contributed by atoms with van der Waals surface area (Å²) in [5.41, 5.74) is 9.86. The highest BCUT2D eigenvalue weighted by atomic mass is 19.1. The third-order valence-electron chi connectivity index (χ3n) is 17.5. The predicted octanol–water partition coefficient (Wildman–Crippen LogP) is 11.3. The Balaban J connectivity index is 0.000000151. The largest absolute Gasteiger partial charge is 0.383 e. The van der Waals surface area contributed by atoms with E-state index < -0.39 is 22.8 Å². The Morgan fingerprint density at radius 2 is 0.925 bits per heavy atom. The van der Waals surface area contributed by atoms with Crippen molar-refractivity contribution in [3.05, 3.63) is 167 Å². The summed E-state index contributed by atoms with van der Waals surface area (Å²) in [6.07, 6.45) is 11.5. The van der Waals surface area contributed by atoms with Gasteiger partial charge in [0.05, 0.1) is 93.8 Å². The van der Waals surface area contributed by atoms with E-state index in [1.165, 1.54) is 0 Å². The molecule has 412 valence electrons. The van der Waals surface area contributed by atoms with Gasteiger partial charge in [0.2, 0.25) is 0 Å². The molecule has 14 rings (SSSR count). The van der Waals surface area contributed by atoms with Crippen molar-refractivity contribution >= 4 is 43.9 Å². The number of ether oxygens (including phenoxy) is 4. The first-order chi connectivity index (χ1) is 38.9. The number of hydrogen-bond donors (Lipinski definition) is 2. The van der Waals surface area contributed by atoms with E-state index in [0.29, 0.717) is 63.5 Å². The molecule has 0 spiro atoms. The van der Waals surface area contributed by atoms with Gasteiger partial charge >= 0.3 is 0 Å². The average Bonchev–Trinajstić information content (AvgIpc) is 4.44. The Kier molecular flexibility index (Phi) is 13.7. The number of aryl methyl sites for hydroxylation is 4. The summed E-state index contributed by atoms with van der Waals surface area (Å²) in [7, 11) is 3.94. The molecule has 14 nitrogen and oxygen atoms in total. The summed E-state index contributed by atoms with van der Waals surface area (Å²) >= 11 is 0. The molecule has 0 radical (unpaired) electrons. The van der Waals surface area contributed by atoms with Crippen LogP contribution in [-0.4, -0.2) is 101 Å². The molecule has 4 saturated heterocycles. The number of halogens is 2. The summed E-state index contributed by atoms with van der Waals surface area (Å²) in [4.78, 5) is 18.8. The average molecular weight is 1080 g/mol. The second-order valence-electron chi connectivity index (χ2n) is 22.4. The van der Waals surface area contributed by atoms with Gasteiger partial charge in [-0.3, -0.25) is 9.97 Å². The monoisotopic (exact) mass is 1080 g/mol. The van der Waals surface area contributed by atoms with Crippen LogP contribution in [0.5, 0.6) is 0 Å². The number of benzene rings is 4. The Morgan fingerprint density at radius 3 is 1.27 bits per heavy atom. The van der Waals surface area contributed by atoms with Crippen LogP contribution in [0.25, 0.3) is 66.4 Å². The fraction of sp³-hybridized carbons (Fsp3) is 0.375. The van der Waals surface area contributed by atoms with Gasteiger partial charge in [-0.1, -0.05) is 84.9 Å². The van der Waals surface area contributed by atoms with Gasteiger partial charge in [0, 0.05) is 112 Å². The fourth-order valence-electron chi connectivity index (χ4n) is 13.5. The van der Waals surface area contributed by atoms with Crippen molar-refractivity contribution in [1.82, 2.24) is 38.2 Å². The molecule has 2 N–H and O–H groups in total. The Labute approximate surface area is 462 Å². The van der Waals surface area contributed by atoms with Crippen molar-refractivity contribution in [2.75, 3.05) is 52.9 Å². The number of nitrogens with zero attached hydrogens (tertiary/aromatic N) is 8. The second-order valence-corrected chi connectivity index (χ2v) is 22.4. The van der Waals surface area contributed by atoms with Crippen molar-refractivity contribution in [2.45, 2.75) is 75.7 Å². The molecule has 6 aromatic heterocycles. The molecule has 2 unspecified atom stereocenters. The lowest BCUT2D eigenvalue weighted by molar-refractivity contribution is 0.0201. The number of hydrogen-bond acceptors (Lipinski definition) is 10. The van der Waals surface area contributed by atoms with E-state index in [-0.39, 0.29) is 48.3 Å². The molecule has 4 fully saturated rings. The molecule has 0 bridgehead atoms. The third kappa shape index (κ3) is 8.91. The molecule has 4 atom stereocenters. The number of fused-ring (bicyclic) bond motifs is 6. The zero-order valence-corrected chi connectivity index (χ0v) is 45.6. The molecule has 4 aliphatic rings. The van der Waals surface area contributed by atoms with Crippen molar-refractivity contribution in [2.24, 2.45) is 25.9 Å². The normalized spacial score (nSPS) is 21.0. The van der Waals surface area contributed by atoms with Crippen molar-refractivity contribution in [3.63, 3.8) is 0 Å². The van der Waals surface area contributed by atoms with Gasteiger partial charge in [0.25, 0.3) is 0 Å². The highest BCUT2D eigenvalue weighted by Crippen LogP contribution is 2.47. The highest BCUT2D eigenvalue weighted by molar-refractivity contribution is 6.08. The Hall–Kier alpha value is -7.18. The van der Waals surface area contributed by atoms with Gasteiger partial charge in [-0.15, -0.1) is 0 Å². The lowest BCUT2D eigenvalue weighted by Crippen LogP contribution is -2.29. The van der Waals surface area contributed by atoms with Crippen LogP contribution in [0.1, 0.15) is 84.3 Å². The maximum absolute atomic E-state index is 16.9. The smallest absolute Gasteiger partial charge is 0.153 e. The van der Waals surface area contributed by atoms with E-state index in [1.54, 1.807) is 24.8 Å². The van der Waals surface area contributed by atoms with E-state index in [9.17, 15) is 10.2 Å². The molecule has 4 aliphatic heterocycles. The summed E-state index contributed by atoms with van der Waals surface area (Å²) in [6.45, 7) is 7.64. The quantitative estimate of drug-likeness (QED) is 0.136. The summed E-state index contributed by atoms with van der Waals surface area (Å²) in [5, 5.41) is 24.2. The first-order valence-corrected chi connectivity index (χ1v) is 28.0. The van der Waals surface area contributed by atoms with Gasteiger partial charge in [0.1, 0.15) is 11.2 Å². The van der Waals surface area contributed by atoms with Crippen LogP contribution in [0.4, 0.5) is 8.78 Å². The molecule has 4 aromatic carbocycles. The lowest BCUT2D eigenvalue weighted by Gasteiger charge is -2.33. The molecule has 16 heteroatoms. The first-order valence-electron chi connectivity index (χ1n) is 28.0. The van der Waals surface area contributed by atoms with Crippen LogP contribution in [-0.2, 0) is 44.2 Å². The zero-order valence-electron chi connectivity index (χ0n) is 45.6. The number of pyridine rings is 2. The Bertz CT molecular complexity index is 3610. The van der Waals surface area contributed by atoms with E-state index in [0.717, 1.165) is 104 Å². The minimum atomic E-state index is -1.36. The predicted molar refractivity (Wildman–Crippen MR) is 303 cm³/mol. The summed E-state index contributed by atoms with van der Waals surface area (Å²) < 4.78 is 64.6. The molecule has 0 saturated carbocycles. The fourth-order valence-corrected chi connectivity index (χ4v) is 13.5. The van der Waals surface area contributed by atoms with Gasteiger partial charge in [0.15, 0.2) is 11.6 Å². The van der Waals surface area contributed by atoms with Crippen LogP contribution in [0, 0.1) is 37.3 Å². The van der Waals surface area contributed by atoms with Gasteiger partial charge in [-0.2, -0.15) is 0 Å². The van der Waals surface area contributed by atoms with Gasteiger partial charge in [-0.05, 0) is 74.6 Å². The maximum Gasteiger partial charge on any atom is 0.153 e. The molecule has 0 amide bonds. The molecule has 80 heavy (non-hydrogen) atoms. The van der Waals surface area contributed by atoms with Gasteiger partial charge in [-0.25, -0.2) is 18.7 Å². The van der Waals surface area contributed by atoms with E-state index >= 15 is 8.78 Å². The number of aromatic nitrogens is 8. The number of imidazole rings is 2. The number of rotatable bonds is 10. The third-order valence-corrected chi connectivity index (χ3v) is 17.5. The van der Waals surface area contributed by atoms with Gasteiger partial charge < -0.3 is 47.4 Å². The number of aliphatic hydroxyl groups is 2. The standard InChI is InChI=1S/2C32H33FN4O3/c2*1-20-29(36(2)19-35-20)23-16-26-28(34-17-23)24-8-9-25(32(38)12-15-40-18-32)27(33)31(24)37(26)30(21-6-4-3-5-7-21)22-10-13-39-14-11-22/h2*3-9,16-17,19,22,30,38H,10-15,18H2,1-2H3/t2*30-,32?/m11/s1. The van der Waals surface area contributed by atoms with E-state index in [1.807, 2.05) is 98.0 Å². The lowest BCUT2D eigenvalue weighted by atomic mass is 9.86. The van der Waals surface area contributed by atoms with Crippen LogP contribution < -0.4 is 0 Å². The van der Waals surface area contributed by atoms with Crippen LogP contribution in [0.15, 0.2) is 122 Å². The second kappa shape index (κ2) is 21.0. The summed E-state index contributed by atoms with van der Waals surface area (Å²) in [6, 6.07) is 31.9. The molecule has 0 aliphatic carbocycles. The summed E-state index contributed by atoms with van der Waals surface area (Å²) in [5.74, 6) is -0.347. The molecular weight excluding hydrogens is 1010 g/mol. The minimum absolute atomic E-state index is 0.0832. The highest BCUT2D eigenvalue weighted by Gasteiger charge is 2.41. The minimum Gasteiger partial charge on any atom is -0.383 e. The Morgan fingerprint density at radius 1 is 0.525 bits per heavy atom. The van der Waals surface area contributed by atoms with E-state index in [2.05, 4.69) is 55.5 Å². The SMILES string of the molecule is Cc1ncn(C)c1-c1cnc2c3ccc(C4(O)CCOC4)c(F)c3n([C@H](c3ccccc3)C3CCOCC3)c2c1.Cc1ncn(C)c1-c1cnc2c3ccc(C4(O)CCOC4)c(F)c3n([C@H](c3ccccc3)C3CCOCC3)c2c1. The zero-order chi connectivity index (χ0) is 54.9. The maximum atomic E-state index is 16.9. The van der Waals surface area contributed by atoms with E-state index in [4.69, 9.17) is 28.9 Å². The van der Waals surface area contributed by atoms with Crippen LogP contribution in [0.2, 0.25) is 0 Å². The van der Waals surface area contributed by atoms with Crippen molar-refractivity contribution in [1.29, 1.82) is 0 Å². The molecular formula is C64H66F2N8O6. The molecule has 10 heterocycles. The van der Waals surface area contributed by atoms with Crippen LogP contribution >= 0.6 is 0 Å². The molecule has 10 aromatic rings. The van der Waals surface area contributed by atoms with Crippen LogP contribution in [0.3, 0.4) is 0 Å². The van der Waals surface area contributed by atoms with Crippen molar-refractivity contribution < 1.29 is 37.9 Å². The topological polar surface area (TPSA) is 149 Å².